The Bertz CT molecular complexity index is 975. The highest BCUT2D eigenvalue weighted by Crippen LogP contribution is 2.12. The number of imidazole rings is 1. The quantitative estimate of drug-likeness (QED) is 0.396. The zero-order valence-corrected chi connectivity index (χ0v) is 17.8. The number of aryl methyl sites for hydroxylation is 1. The van der Waals surface area contributed by atoms with Crippen molar-refractivity contribution in [2.45, 2.75) is 44.5 Å². The number of ether oxygens (including phenoxy) is 1. The van der Waals surface area contributed by atoms with Gasteiger partial charge >= 0.3 is 5.97 Å². The second-order valence-corrected chi connectivity index (χ2v) is 7.57. The Labute approximate surface area is 187 Å². The number of amides is 1. The minimum atomic E-state index is -0.836. The Morgan fingerprint density at radius 3 is 2.53 bits per heavy atom. The van der Waals surface area contributed by atoms with Crippen molar-refractivity contribution < 1.29 is 19.4 Å². The fraction of sp³-hybridized carbons (Fsp3) is 0.292. The number of esters is 1. The predicted octanol–water partition coefficient (Wildman–Crippen LogP) is 2.17. The topological polar surface area (TPSA) is 119 Å². The number of nitrogens with zero attached hydrogens (tertiary/aromatic N) is 2. The molecule has 8 heteroatoms. The molecule has 168 valence electrons. The van der Waals surface area contributed by atoms with Crippen LogP contribution >= 0.6 is 0 Å². The molecule has 1 amide bonds. The summed E-state index contributed by atoms with van der Waals surface area (Å²) in [5.41, 5.74) is 7.75. The minimum Gasteiger partial charge on any atom is -0.508 e. The van der Waals surface area contributed by atoms with E-state index < -0.39 is 24.0 Å². The average molecular weight is 437 g/mol. The zero-order chi connectivity index (χ0) is 22.8. The first kappa shape index (κ1) is 23.0. The van der Waals surface area contributed by atoms with E-state index in [-0.39, 0.29) is 18.8 Å². The Morgan fingerprint density at radius 1 is 1.09 bits per heavy atom. The van der Waals surface area contributed by atoms with E-state index in [1.54, 1.807) is 36.8 Å². The lowest BCUT2D eigenvalue weighted by Crippen LogP contribution is -2.49. The maximum Gasteiger partial charge on any atom is 0.328 e. The van der Waals surface area contributed by atoms with Crippen molar-refractivity contribution in [3.63, 3.8) is 0 Å². The number of aromatic nitrogens is 2. The van der Waals surface area contributed by atoms with Crippen molar-refractivity contribution in [3.05, 3.63) is 84.4 Å². The number of nitrogens with one attached hydrogen (secondary N) is 1. The van der Waals surface area contributed by atoms with Crippen molar-refractivity contribution in [2.75, 3.05) is 0 Å². The number of carbonyl (C=O) groups excluding carboxylic acids is 2. The summed E-state index contributed by atoms with van der Waals surface area (Å²) in [5.74, 6) is -0.780. The lowest BCUT2D eigenvalue weighted by molar-refractivity contribution is -0.149. The zero-order valence-electron chi connectivity index (χ0n) is 17.8. The molecule has 0 aliphatic rings. The number of carbonyl (C=O) groups is 2. The fourth-order valence-corrected chi connectivity index (χ4v) is 3.23. The molecule has 8 nitrogen and oxygen atoms in total. The molecule has 0 radical (unpaired) electrons. The Kier molecular flexibility index (Phi) is 8.39. The average Bonchev–Trinajstić information content (AvgIpc) is 3.32. The molecule has 4 N–H and O–H groups in total. The molecule has 0 saturated heterocycles. The molecule has 2 aromatic carbocycles. The molecule has 3 aromatic rings. The minimum absolute atomic E-state index is 0.132. The molecular formula is C24H28N4O4. The van der Waals surface area contributed by atoms with Crippen LogP contribution in [0, 0.1) is 0 Å². The Balaban J connectivity index is 1.58. The first-order chi connectivity index (χ1) is 15.5. The smallest absolute Gasteiger partial charge is 0.328 e. The summed E-state index contributed by atoms with van der Waals surface area (Å²) in [6, 6.07) is 14.2. The number of phenols is 1. The summed E-state index contributed by atoms with van der Waals surface area (Å²) < 4.78 is 7.36. The number of aromatic hydroxyl groups is 1. The van der Waals surface area contributed by atoms with Gasteiger partial charge in [-0.1, -0.05) is 42.5 Å². The molecule has 1 heterocycles. The van der Waals surface area contributed by atoms with Gasteiger partial charge in [0.05, 0.1) is 12.4 Å². The van der Waals surface area contributed by atoms with Gasteiger partial charge in [-0.05, 0) is 42.5 Å². The SMILES string of the molecule is N[C@@H](Cc1ccc(O)cc1)C(=O)N[C@H](CCCn1ccnc1)C(=O)OCc1ccccc1. The fourth-order valence-electron chi connectivity index (χ4n) is 3.23. The summed E-state index contributed by atoms with van der Waals surface area (Å²) in [7, 11) is 0. The van der Waals surface area contributed by atoms with Crippen molar-refractivity contribution >= 4 is 11.9 Å². The van der Waals surface area contributed by atoms with Gasteiger partial charge in [0, 0.05) is 18.9 Å². The van der Waals surface area contributed by atoms with Crippen molar-refractivity contribution in [1.82, 2.24) is 14.9 Å². The monoisotopic (exact) mass is 436 g/mol. The third-order valence-electron chi connectivity index (χ3n) is 5.02. The highest BCUT2D eigenvalue weighted by molar-refractivity contribution is 5.87. The van der Waals surface area contributed by atoms with Crippen LogP contribution in [0.25, 0.3) is 0 Å². The third kappa shape index (κ3) is 7.24. The number of nitrogens with two attached hydrogens (primary N) is 1. The summed E-state index contributed by atoms with van der Waals surface area (Å²) >= 11 is 0. The second kappa shape index (κ2) is 11.7. The van der Waals surface area contributed by atoms with Crippen LogP contribution in [-0.4, -0.2) is 38.6 Å². The van der Waals surface area contributed by atoms with E-state index in [1.165, 1.54) is 0 Å². The molecule has 32 heavy (non-hydrogen) atoms. The van der Waals surface area contributed by atoms with Gasteiger partial charge in [-0.2, -0.15) is 0 Å². The van der Waals surface area contributed by atoms with E-state index in [2.05, 4.69) is 10.3 Å². The molecule has 0 spiro atoms. The van der Waals surface area contributed by atoms with Crippen LogP contribution in [0.1, 0.15) is 24.0 Å². The van der Waals surface area contributed by atoms with Crippen molar-refractivity contribution in [3.8, 4) is 5.75 Å². The van der Waals surface area contributed by atoms with Gasteiger partial charge in [0.25, 0.3) is 0 Å². The van der Waals surface area contributed by atoms with Gasteiger partial charge in [0.2, 0.25) is 5.91 Å². The van der Waals surface area contributed by atoms with E-state index in [1.807, 2.05) is 41.1 Å². The summed E-state index contributed by atoms with van der Waals surface area (Å²) in [5, 5.41) is 12.1. The van der Waals surface area contributed by atoms with Crippen molar-refractivity contribution in [2.24, 2.45) is 5.73 Å². The molecule has 0 saturated carbocycles. The largest absolute Gasteiger partial charge is 0.508 e. The first-order valence-corrected chi connectivity index (χ1v) is 10.5. The van der Waals surface area contributed by atoms with Gasteiger partial charge in [-0.15, -0.1) is 0 Å². The normalized spacial score (nSPS) is 12.7. The van der Waals surface area contributed by atoms with Crippen molar-refractivity contribution in [1.29, 1.82) is 0 Å². The third-order valence-corrected chi connectivity index (χ3v) is 5.02. The van der Waals surface area contributed by atoms with Crippen LogP contribution in [0.4, 0.5) is 0 Å². The van der Waals surface area contributed by atoms with Crippen LogP contribution < -0.4 is 11.1 Å². The van der Waals surface area contributed by atoms with Gasteiger partial charge in [0.15, 0.2) is 0 Å². The van der Waals surface area contributed by atoms with Crippen LogP contribution in [0.5, 0.6) is 5.75 Å². The molecule has 2 atom stereocenters. The molecule has 0 unspecified atom stereocenters. The van der Waals surface area contributed by atoms with E-state index in [0.717, 1.165) is 11.1 Å². The first-order valence-electron chi connectivity index (χ1n) is 10.5. The molecular weight excluding hydrogens is 408 g/mol. The maximum atomic E-state index is 12.7. The second-order valence-electron chi connectivity index (χ2n) is 7.57. The summed E-state index contributed by atoms with van der Waals surface area (Å²) in [6.45, 7) is 0.797. The van der Waals surface area contributed by atoms with Crippen LogP contribution in [0.3, 0.4) is 0 Å². The number of rotatable bonds is 11. The van der Waals surface area contributed by atoms with Gasteiger partial charge in [0.1, 0.15) is 18.4 Å². The Morgan fingerprint density at radius 2 is 1.84 bits per heavy atom. The van der Waals surface area contributed by atoms with Gasteiger partial charge in [-0.3, -0.25) is 4.79 Å². The van der Waals surface area contributed by atoms with Crippen LogP contribution in [0.2, 0.25) is 0 Å². The van der Waals surface area contributed by atoms with Crippen LogP contribution in [-0.2, 0) is 33.9 Å². The Hall–Kier alpha value is -3.65. The van der Waals surface area contributed by atoms with E-state index >= 15 is 0 Å². The summed E-state index contributed by atoms with van der Waals surface area (Å²) in [6.07, 6.45) is 6.57. The highest BCUT2D eigenvalue weighted by Gasteiger charge is 2.25. The molecule has 0 bridgehead atoms. The predicted molar refractivity (Wildman–Crippen MR) is 119 cm³/mol. The summed E-state index contributed by atoms with van der Waals surface area (Å²) in [4.78, 5) is 29.4. The van der Waals surface area contributed by atoms with E-state index in [0.29, 0.717) is 19.4 Å². The molecule has 1 aromatic heterocycles. The highest BCUT2D eigenvalue weighted by atomic mass is 16.5. The lowest BCUT2D eigenvalue weighted by Gasteiger charge is -2.20. The number of hydrogen-bond donors (Lipinski definition) is 3. The standard InChI is InChI=1S/C24H28N4O4/c25-21(15-18-8-10-20(29)11-9-18)23(30)27-22(7-4-13-28-14-12-26-17-28)24(31)32-16-19-5-2-1-3-6-19/h1-3,5-6,8-12,14,17,21-22,29H,4,7,13,15-16,25H2,(H,27,30)/t21-,22+/m0/s1. The van der Waals surface area contributed by atoms with Gasteiger partial charge in [-0.25, -0.2) is 9.78 Å². The number of hydrogen-bond acceptors (Lipinski definition) is 6. The van der Waals surface area contributed by atoms with Gasteiger partial charge < -0.3 is 25.5 Å². The van der Waals surface area contributed by atoms with Crippen LogP contribution in [0.15, 0.2) is 73.3 Å². The molecule has 0 fully saturated rings. The molecule has 0 aliphatic carbocycles. The maximum absolute atomic E-state index is 12.7. The van der Waals surface area contributed by atoms with E-state index in [9.17, 15) is 14.7 Å². The number of phenolic OH excluding ortho intramolecular Hbond substituents is 1. The lowest BCUT2D eigenvalue weighted by atomic mass is 10.0. The molecule has 3 rings (SSSR count). The van der Waals surface area contributed by atoms with E-state index in [4.69, 9.17) is 10.5 Å². The number of benzene rings is 2. The molecule has 0 aliphatic heterocycles.